The predicted molar refractivity (Wildman–Crippen MR) is 68.5 cm³/mol. The van der Waals surface area contributed by atoms with Gasteiger partial charge in [0.05, 0.1) is 0 Å². The predicted octanol–water partition coefficient (Wildman–Crippen LogP) is 5.22. The standard InChI is InChI=1S/2C7H14/c2*1-4-5-6-7(2)3/h2*4-5,7H,6H2,1-3H3/b5-4+;5-4-. The van der Waals surface area contributed by atoms with Crippen LogP contribution < -0.4 is 0 Å². The first-order chi connectivity index (χ1) is 6.54. The molecule has 0 spiro atoms. The van der Waals surface area contributed by atoms with Gasteiger partial charge in [0.25, 0.3) is 0 Å². The van der Waals surface area contributed by atoms with Gasteiger partial charge in [-0.3, -0.25) is 0 Å². The van der Waals surface area contributed by atoms with Crippen molar-refractivity contribution in [3.8, 4) is 0 Å². The average molecular weight is 196 g/mol. The van der Waals surface area contributed by atoms with Crippen molar-refractivity contribution in [1.29, 1.82) is 0 Å². The van der Waals surface area contributed by atoms with E-state index in [9.17, 15) is 0 Å². The Morgan fingerprint density at radius 2 is 1.00 bits per heavy atom. The number of hydrogen-bond donors (Lipinski definition) is 0. The van der Waals surface area contributed by atoms with E-state index in [1.165, 1.54) is 12.8 Å². The summed E-state index contributed by atoms with van der Waals surface area (Å²) in [6.45, 7) is 13.0. The van der Waals surface area contributed by atoms with Crippen LogP contribution in [0.25, 0.3) is 0 Å². The first-order valence-corrected chi connectivity index (χ1v) is 5.76. The maximum Gasteiger partial charge on any atom is -0.0328 e. The molecule has 14 heavy (non-hydrogen) atoms. The van der Waals surface area contributed by atoms with Crippen molar-refractivity contribution in [1.82, 2.24) is 0 Å². The lowest BCUT2D eigenvalue weighted by Gasteiger charge is -1.93. The third-order valence-corrected chi connectivity index (χ3v) is 1.69. The molecule has 0 atom stereocenters. The lowest BCUT2D eigenvalue weighted by atomic mass is 10.1. The van der Waals surface area contributed by atoms with Gasteiger partial charge in [-0.25, -0.2) is 0 Å². The molecular formula is C14H28. The topological polar surface area (TPSA) is 0 Å². The van der Waals surface area contributed by atoms with Gasteiger partial charge < -0.3 is 0 Å². The molecule has 0 rings (SSSR count). The van der Waals surface area contributed by atoms with Gasteiger partial charge in [-0.05, 0) is 38.5 Å². The molecular weight excluding hydrogens is 168 g/mol. The zero-order valence-corrected chi connectivity index (χ0v) is 10.9. The van der Waals surface area contributed by atoms with Crippen LogP contribution in [-0.4, -0.2) is 0 Å². The summed E-state index contributed by atoms with van der Waals surface area (Å²) in [5.41, 5.74) is 0. The number of allylic oxidation sites excluding steroid dienone is 4. The largest absolute Gasteiger partial charge is 0.0917 e. The molecule has 0 aliphatic heterocycles. The van der Waals surface area contributed by atoms with Crippen LogP contribution in [0.3, 0.4) is 0 Å². The van der Waals surface area contributed by atoms with Gasteiger partial charge in [0.1, 0.15) is 0 Å². The molecule has 0 unspecified atom stereocenters. The minimum absolute atomic E-state index is 0.816. The van der Waals surface area contributed by atoms with E-state index >= 15 is 0 Å². The van der Waals surface area contributed by atoms with Crippen molar-refractivity contribution in [2.24, 2.45) is 11.8 Å². The molecule has 84 valence electrons. The summed E-state index contributed by atoms with van der Waals surface area (Å²) in [5.74, 6) is 1.63. The Morgan fingerprint density at radius 3 is 1.07 bits per heavy atom. The van der Waals surface area contributed by atoms with Crippen molar-refractivity contribution in [2.45, 2.75) is 54.4 Å². The number of rotatable bonds is 4. The maximum absolute atomic E-state index is 2.22. The van der Waals surface area contributed by atoms with Crippen LogP contribution in [0.1, 0.15) is 54.4 Å². The van der Waals surface area contributed by atoms with Crippen LogP contribution in [0, 0.1) is 11.8 Å². The Labute approximate surface area is 91.1 Å². The fourth-order valence-corrected chi connectivity index (χ4v) is 0.816. The Morgan fingerprint density at radius 1 is 0.714 bits per heavy atom. The quantitative estimate of drug-likeness (QED) is 0.541. The molecule has 0 saturated heterocycles. The third-order valence-electron chi connectivity index (χ3n) is 1.69. The number of hydrogen-bond acceptors (Lipinski definition) is 0. The first-order valence-electron chi connectivity index (χ1n) is 5.76. The molecule has 0 aliphatic carbocycles. The second-order valence-electron chi connectivity index (χ2n) is 4.40. The molecule has 0 aromatic heterocycles. The normalized spacial score (nSPS) is 11.4. The highest BCUT2D eigenvalue weighted by Crippen LogP contribution is 1.98. The second-order valence-corrected chi connectivity index (χ2v) is 4.40. The van der Waals surface area contributed by atoms with Crippen LogP contribution in [0.4, 0.5) is 0 Å². The molecule has 0 heterocycles. The Bertz CT molecular complexity index is 120. The fraction of sp³-hybridized carbons (Fsp3) is 0.714. The highest BCUT2D eigenvalue weighted by Gasteiger charge is 1.84. The molecule has 0 heteroatoms. The summed E-state index contributed by atoms with van der Waals surface area (Å²) in [6, 6.07) is 0. The summed E-state index contributed by atoms with van der Waals surface area (Å²) in [4.78, 5) is 0. The van der Waals surface area contributed by atoms with Gasteiger partial charge >= 0.3 is 0 Å². The van der Waals surface area contributed by atoms with E-state index in [1.54, 1.807) is 0 Å². The first kappa shape index (κ1) is 15.9. The molecule has 0 radical (unpaired) electrons. The van der Waals surface area contributed by atoms with Crippen molar-refractivity contribution in [3.05, 3.63) is 24.3 Å². The zero-order valence-electron chi connectivity index (χ0n) is 10.9. The molecule has 0 nitrogen and oxygen atoms in total. The van der Waals surface area contributed by atoms with Gasteiger partial charge in [0.15, 0.2) is 0 Å². The Kier molecular flexibility index (Phi) is 14.2. The average Bonchev–Trinajstić information content (AvgIpc) is 2.12. The van der Waals surface area contributed by atoms with E-state index in [-0.39, 0.29) is 0 Å². The minimum atomic E-state index is 0.816. The smallest absolute Gasteiger partial charge is 0.0328 e. The van der Waals surface area contributed by atoms with Gasteiger partial charge in [-0.1, -0.05) is 52.0 Å². The Balaban J connectivity index is 0. The maximum atomic E-state index is 2.22. The molecule has 0 aromatic carbocycles. The SMILES string of the molecule is C/C=C/CC(C)C.C/C=C\CC(C)C. The highest BCUT2D eigenvalue weighted by atomic mass is 13.9. The highest BCUT2D eigenvalue weighted by molar-refractivity contribution is 4.77. The minimum Gasteiger partial charge on any atom is -0.0917 e. The van der Waals surface area contributed by atoms with Gasteiger partial charge in [-0.2, -0.15) is 0 Å². The molecule has 0 aromatic rings. The summed E-state index contributed by atoms with van der Waals surface area (Å²) in [5, 5.41) is 0. The summed E-state index contributed by atoms with van der Waals surface area (Å²) in [6.07, 6.45) is 11.0. The van der Waals surface area contributed by atoms with Gasteiger partial charge in [-0.15, -0.1) is 0 Å². The van der Waals surface area contributed by atoms with E-state index in [0.29, 0.717) is 0 Å². The van der Waals surface area contributed by atoms with E-state index in [2.05, 4.69) is 65.8 Å². The van der Waals surface area contributed by atoms with Crippen molar-refractivity contribution in [3.63, 3.8) is 0 Å². The van der Waals surface area contributed by atoms with Gasteiger partial charge in [0, 0.05) is 0 Å². The van der Waals surface area contributed by atoms with Crippen LogP contribution in [0.2, 0.25) is 0 Å². The molecule has 0 amide bonds. The molecule has 0 bridgehead atoms. The van der Waals surface area contributed by atoms with E-state index < -0.39 is 0 Å². The van der Waals surface area contributed by atoms with Crippen LogP contribution >= 0.6 is 0 Å². The lowest BCUT2D eigenvalue weighted by molar-refractivity contribution is 0.663. The Hall–Kier alpha value is -0.520. The second kappa shape index (κ2) is 12.5. The summed E-state index contributed by atoms with van der Waals surface area (Å²) in [7, 11) is 0. The molecule has 0 saturated carbocycles. The van der Waals surface area contributed by atoms with Crippen molar-refractivity contribution >= 4 is 0 Å². The summed E-state index contributed by atoms with van der Waals surface area (Å²) >= 11 is 0. The molecule has 0 aliphatic rings. The van der Waals surface area contributed by atoms with Crippen molar-refractivity contribution < 1.29 is 0 Å². The zero-order chi connectivity index (χ0) is 11.4. The van der Waals surface area contributed by atoms with E-state index in [1.807, 2.05) is 0 Å². The van der Waals surface area contributed by atoms with E-state index in [4.69, 9.17) is 0 Å². The molecule has 0 fully saturated rings. The lowest BCUT2D eigenvalue weighted by Crippen LogP contribution is -1.79. The fourth-order valence-electron chi connectivity index (χ4n) is 0.816. The van der Waals surface area contributed by atoms with E-state index in [0.717, 1.165) is 11.8 Å². The van der Waals surface area contributed by atoms with Crippen LogP contribution in [-0.2, 0) is 0 Å². The van der Waals surface area contributed by atoms with Gasteiger partial charge in [0.2, 0.25) is 0 Å². The van der Waals surface area contributed by atoms with Crippen LogP contribution in [0.5, 0.6) is 0 Å². The van der Waals surface area contributed by atoms with Crippen LogP contribution in [0.15, 0.2) is 24.3 Å². The molecule has 0 N–H and O–H groups in total. The summed E-state index contributed by atoms with van der Waals surface area (Å²) < 4.78 is 0. The third kappa shape index (κ3) is 22.5. The monoisotopic (exact) mass is 196 g/mol. The van der Waals surface area contributed by atoms with Crippen molar-refractivity contribution in [2.75, 3.05) is 0 Å².